The minimum atomic E-state index is -3.74. The third-order valence-corrected chi connectivity index (χ3v) is 5.61. The van der Waals surface area contributed by atoms with Crippen molar-refractivity contribution in [3.8, 4) is 0 Å². The van der Waals surface area contributed by atoms with Crippen molar-refractivity contribution in [2.45, 2.75) is 17.9 Å². The van der Waals surface area contributed by atoms with Crippen molar-refractivity contribution in [3.05, 3.63) is 54.0 Å². The molecule has 1 heterocycles. The van der Waals surface area contributed by atoms with Crippen LogP contribution in [-0.2, 0) is 26.6 Å². The second-order valence-corrected chi connectivity index (χ2v) is 8.91. The maximum atomic E-state index is 12.2. The quantitative estimate of drug-likeness (QED) is 0.510. The van der Waals surface area contributed by atoms with Gasteiger partial charge < -0.3 is 9.73 Å². The second-order valence-electron chi connectivity index (χ2n) is 5.40. The molecule has 1 amide bonds. The van der Waals surface area contributed by atoms with Crippen LogP contribution in [0.4, 0.5) is 0 Å². The van der Waals surface area contributed by atoms with Crippen LogP contribution in [-0.4, -0.2) is 35.0 Å². The number of benzene rings is 1. The number of nitrogens with two attached hydrogens (primary N) is 1. The average molecular weight is 401 g/mol. The van der Waals surface area contributed by atoms with E-state index in [4.69, 9.17) is 9.56 Å². The van der Waals surface area contributed by atoms with Crippen LogP contribution < -0.4 is 15.2 Å². The Labute approximate surface area is 151 Å². The molecule has 26 heavy (non-hydrogen) atoms. The molecule has 2 rings (SSSR count). The first-order chi connectivity index (χ1) is 12.2. The topological polar surface area (TPSA) is 149 Å². The first-order valence-corrected chi connectivity index (χ1v) is 10.8. The number of hydrogen-bond donors (Lipinski definition) is 3. The summed E-state index contributed by atoms with van der Waals surface area (Å²) in [5.74, 6) is -0.192. The van der Waals surface area contributed by atoms with E-state index in [1.54, 1.807) is 12.1 Å². The van der Waals surface area contributed by atoms with E-state index in [1.807, 2.05) is 0 Å². The van der Waals surface area contributed by atoms with Crippen molar-refractivity contribution in [3.63, 3.8) is 0 Å². The Morgan fingerprint density at radius 3 is 2.35 bits per heavy atom. The van der Waals surface area contributed by atoms with Gasteiger partial charge in [0.2, 0.25) is 20.0 Å². The van der Waals surface area contributed by atoms with Crippen molar-refractivity contribution < 1.29 is 26.0 Å². The lowest BCUT2D eigenvalue weighted by Crippen LogP contribution is -2.27. The lowest BCUT2D eigenvalue weighted by atomic mass is 10.2. The minimum absolute atomic E-state index is 0.00910. The van der Waals surface area contributed by atoms with E-state index in [0.717, 1.165) is 0 Å². The van der Waals surface area contributed by atoms with Crippen LogP contribution in [0.15, 0.2) is 52.0 Å². The molecular weight excluding hydrogens is 382 g/mol. The van der Waals surface area contributed by atoms with E-state index >= 15 is 0 Å². The number of primary sulfonamides is 1. The molecule has 0 radical (unpaired) electrons. The van der Waals surface area contributed by atoms with Crippen molar-refractivity contribution in [2.24, 2.45) is 5.14 Å². The molecule has 1 aromatic heterocycles. The van der Waals surface area contributed by atoms with Gasteiger partial charge in [0.25, 0.3) is 5.91 Å². The maximum absolute atomic E-state index is 12.2. The van der Waals surface area contributed by atoms with Crippen LogP contribution in [0.5, 0.6) is 0 Å². The third-order valence-electron chi connectivity index (χ3n) is 3.33. The number of hydrogen-bond acceptors (Lipinski definition) is 6. The fraction of sp³-hybridized carbons (Fsp3) is 0.267. The summed E-state index contributed by atoms with van der Waals surface area (Å²) in [5, 5.41) is 7.40. The van der Waals surface area contributed by atoms with Crippen LogP contribution in [0.2, 0.25) is 0 Å². The van der Waals surface area contributed by atoms with Crippen LogP contribution in [0, 0.1) is 0 Å². The molecule has 11 heteroatoms. The molecule has 9 nitrogen and oxygen atoms in total. The molecule has 0 bridgehead atoms. The molecule has 1 aromatic carbocycles. The Morgan fingerprint density at radius 2 is 1.77 bits per heavy atom. The normalized spacial score (nSPS) is 12.0. The Balaban J connectivity index is 1.91. The van der Waals surface area contributed by atoms with Crippen LogP contribution >= 0.6 is 0 Å². The Morgan fingerprint density at radius 1 is 1.08 bits per heavy atom. The summed E-state index contributed by atoms with van der Waals surface area (Å²) in [6.45, 7) is 0.154. The average Bonchev–Trinajstić information content (AvgIpc) is 3.10. The first kappa shape index (κ1) is 20.1. The fourth-order valence-electron chi connectivity index (χ4n) is 2.03. The number of rotatable bonds is 9. The highest BCUT2D eigenvalue weighted by Crippen LogP contribution is 2.11. The Bertz CT molecular complexity index is 936. The van der Waals surface area contributed by atoms with E-state index < -0.39 is 26.0 Å². The van der Waals surface area contributed by atoms with Gasteiger partial charge in [-0.05, 0) is 42.8 Å². The van der Waals surface area contributed by atoms with Crippen molar-refractivity contribution in [1.82, 2.24) is 10.0 Å². The van der Waals surface area contributed by atoms with Crippen LogP contribution in [0.1, 0.15) is 22.5 Å². The van der Waals surface area contributed by atoms with E-state index in [0.29, 0.717) is 5.76 Å². The van der Waals surface area contributed by atoms with Gasteiger partial charge in [-0.25, -0.2) is 26.7 Å². The molecule has 0 aliphatic heterocycles. The molecule has 0 aliphatic carbocycles. The molecule has 0 aliphatic rings. The van der Waals surface area contributed by atoms with Gasteiger partial charge in [0.1, 0.15) is 5.76 Å². The Hall–Kier alpha value is -2.21. The molecule has 0 saturated carbocycles. The lowest BCUT2D eigenvalue weighted by molar-refractivity contribution is 0.0953. The number of nitrogens with one attached hydrogen (secondary N) is 2. The lowest BCUT2D eigenvalue weighted by Gasteiger charge is -2.07. The standard InChI is InChI=1S/C15H19N3O6S2/c16-25(20,21)10-2-8-17-15(19)12-4-6-14(7-5-12)26(22,23)18-11-13-3-1-9-24-13/h1,3-7,9,18H,2,8,10-11H2,(H,17,19)(H2,16,20,21). The largest absolute Gasteiger partial charge is 0.468 e. The zero-order valence-electron chi connectivity index (χ0n) is 13.7. The summed E-state index contributed by atoms with van der Waals surface area (Å²) in [6.07, 6.45) is 1.63. The second kappa shape index (κ2) is 8.45. The van der Waals surface area contributed by atoms with Gasteiger partial charge in [-0.2, -0.15) is 0 Å². The minimum Gasteiger partial charge on any atom is -0.468 e. The van der Waals surface area contributed by atoms with Gasteiger partial charge in [0.05, 0.1) is 23.5 Å². The van der Waals surface area contributed by atoms with E-state index in [9.17, 15) is 21.6 Å². The smallest absolute Gasteiger partial charge is 0.251 e. The summed E-state index contributed by atoms with van der Waals surface area (Å²) in [5.41, 5.74) is 0.255. The van der Waals surface area contributed by atoms with Gasteiger partial charge in [0.15, 0.2) is 0 Å². The highest BCUT2D eigenvalue weighted by molar-refractivity contribution is 7.89. The SMILES string of the molecule is NS(=O)(=O)CCCNC(=O)c1ccc(S(=O)(=O)NCc2ccco2)cc1. The first-order valence-electron chi connectivity index (χ1n) is 7.58. The van der Waals surface area contributed by atoms with Gasteiger partial charge in [0, 0.05) is 12.1 Å². The molecule has 142 valence electrons. The van der Waals surface area contributed by atoms with Gasteiger partial charge >= 0.3 is 0 Å². The van der Waals surface area contributed by atoms with E-state index in [2.05, 4.69) is 10.0 Å². The maximum Gasteiger partial charge on any atom is 0.251 e. The highest BCUT2D eigenvalue weighted by atomic mass is 32.2. The van der Waals surface area contributed by atoms with Crippen LogP contribution in [0.3, 0.4) is 0 Å². The summed E-state index contributed by atoms with van der Waals surface area (Å²) in [6, 6.07) is 8.66. The van der Waals surface area contributed by atoms with Gasteiger partial charge in [-0.3, -0.25) is 4.79 Å². The Kier molecular flexibility index (Phi) is 6.53. The molecule has 2 aromatic rings. The van der Waals surface area contributed by atoms with E-state index in [1.165, 1.54) is 30.5 Å². The molecule has 0 fully saturated rings. The molecule has 0 unspecified atom stereocenters. The highest BCUT2D eigenvalue weighted by Gasteiger charge is 2.15. The van der Waals surface area contributed by atoms with Crippen molar-refractivity contribution in [2.75, 3.05) is 12.3 Å². The van der Waals surface area contributed by atoms with Crippen molar-refractivity contribution >= 4 is 26.0 Å². The van der Waals surface area contributed by atoms with E-state index in [-0.39, 0.29) is 35.7 Å². The zero-order chi connectivity index (χ0) is 19.2. The number of carbonyl (C=O) groups is 1. The molecule has 0 atom stereocenters. The number of amides is 1. The molecule has 0 saturated heterocycles. The summed E-state index contributed by atoms with van der Waals surface area (Å²) < 4.78 is 53.4. The number of furan rings is 1. The zero-order valence-corrected chi connectivity index (χ0v) is 15.3. The molecule has 4 N–H and O–H groups in total. The summed E-state index contributed by atoms with van der Waals surface area (Å²) in [4.78, 5) is 12.0. The monoisotopic (exact) mass is 401 g/mol. The summed E-state index contributed by atoms with van der Waals surface area (Å²) >= 11 is 0. The third kappa shape index (κ3) is 6.26. The van der Waals surface area contributed by atoms with Crippen molar-refractivity contribution in [1.29, 1.82) is 0 Å². The summed E-state index contributed by atoms with van der Waals surface area (Å²) in [7, 11) is -7.30. The van der Waals surface area contributed by atoms with Gasteiger partial charge in [-0.15, -0.1) is 0 Å². The van der Waals surface area contributed by atoms with Gasteiger partial charge in [-0.1, -0.05) is 0 Å². The predicted molar refractivity (Wildman–Crippen MR) is 94.1 cm³/mol. The fourth-order valence-corrected chi connectivity index (χ4v) is 3.57. The number of sulfonamides is 2. The van der Waals surface area contributed by atoms with Crippen LogP contribution in [0.25, 0.3) is 0 Å². The molecular formula is C15H19N3O6S2. The molecule has 0 spiro atoms. The predicted octanol–water partition coefficient (Wildman–Crippen LogP) is 0.167. The number of carbonyl (C=O) groups excluding carboxylic acids is 1.